The normalized spacial score (nSPS) is 26.6. The van der Waals surface area contributed by atoms with Gasteiger partial charge in [-0.15, -0.1) is 6.58 Å². The van der Waals surface area contributed by atoms with Crippen LogP contribution in [0, 0.1) is 0 Å². The van der Waals surface area contributed by atoms with Gasteiger partial charge in [0.2, 0.25) is 11.8 Å². The van der Waals surface area contributed by atoms with E-state index in [4.69, 9.17) is 0 Å². The van der Waals surface area contributed by atoms with Gasteiger partial charge in [-0.05, 0) is 6.42 Å². The average molecular weight is 296 g/mol. The average Bonchev–Trinajstić information content (AvgIpc) is 2.92. The van der Waals surface area contributed by atoms with Gasteiger partial charge in [0.25, 0.3) is 0 Å². The van der Waals surface area contributed by atoms with E-state index in [2.05, 4.69) is 17.2 Å². The number of nitrogens with zero attached hydrogens (tertiary/aromatic N) is 2. The van der Waals surface area contributed by atoms with Crippen LogP contribution in [-0.4, -0.2) is 84.7 Å². The number of hydrogen-bond donors (Lipinski definition) is 3. The number of carbonyl (C=O) groups is 2. The first kappa shape index (κ1) is 15.9. The summed E-state index contributed by atoms with van der Waals surface area (Å²) >= 11 is 0. The second kappa shape index (κ2) is 7.53. The lowest BCUT2D eigenvalue weighted by atomic mass is 10.1. The van der Waals surface area contributed by atoms with Gasteiger partial charge in [-0.25, -0.2) is 0 Å². The molecule has 2 aliphatic rings. The largest absolute Gasteiger partial charge is 0.392 e. The number of amides is 2. The summed E-state index contributed by atoms with van der Waals surface area (Å²) in [6.45, 7) is 7.53. The third-order valence-electron chi connectivity index (χ3n) is 3.90. The molecule has 3 N–H and O–H groups in total. The predicted octanol–water partition coefficient (Wildman–Crippen LogP) is -1.84. The molecule has 2 aliphatic heterocycles. The summed E-state index contributed by atoms with van der Waals surface area (Å²) in [6.07, 6.45) is 1.72. The van der Waals surface area contributed by atoms with E-state index < -0.39 is 6.10 Å². The monoisotopic (exact) mass is 296 g/mol. The highest BCUT2D eigenvalue weighted by Gasteiger charge is 2.32. The van der Waals surface area contributed by atoms with Crippen molar-refractivity contribution in [1.82, 2.24) is 20.4 Å². The third kappa shape index (κ3) is 4.52. The van der Waals surface area contributed by atoms with E-state index in [1.807, 2.05) is 9.80 Å². The van der Waals surface area contributed by atoms with Crippen molar-refractivity contribution in [2.75, 3.05) is 45.8 Å². The SMILES string of the molecule is C=CCNC(=O)CN1CCN(C(=O)C2CC(O)CN2)CC1. The topological polar surface area (TPSA) is 84.9 Å². The molecule has 0 radical (unpaired) electrons. The van der Waals surface area contributed by atoms with E-state index in [1.165, 1.54) is 0 Å². The van der Waals surface area contributed by atoms with Crippen LogP contribution in [0.2, 0.25) is 0 Å². The summed E-state index contributed by atoms with van der Waals surface area (Å²) < 4.78 is 0. The van der Waals surface area contributed by atoms with Gasteiger partial charge in [0.15, 0.2) is 0 Å². The lowest BCUT2D eigenvalue weighted by Gasteiger charge is -2.35. The first-order valence-electron chi connectivity index (χ1n) is 7.40. The zero-order chi connectivity index (χ0) is 15.2. The van der Waals surface area contributed by atoms with Crippen LogP contribution >= 0.6 is 0 Å². The van der Waals surface area contributed by atoms with Gasteiger partial charge in [-0.2, -0.15) is 0 Å². The summed E-state index contributed by atoms with van der Waals surface area (Å²) in [5.41, 5.74) is 0. The molecule has 0 aromatic rings. The molecule has 2 unspecified atom stereocenters. The van der Waals surface area contributed by atoms with Crippen LogP contribution in [0.5, 0.6) is 0 Å². The fourth-order valence-electron chi connectivity index (χ4n) is 2.70. The summed E-state index contributed by atoms with van der Waals surface area (Å²) in [7, 11) is 0. The Morgan fingerprint density at radius 1 is 1.33 bits per heavy atom. The second-order valence-electron chi connectivity index (χ2n) is 5.54. The Hall–Kier alpha value is -1.44. The summed E-state index contributed by atoms with van der Waals surface area (Å²) in [4.78, 5) is 27.7. The van der Waals surface area contributed by atoms with Crippen LogP contribution in [0.3, 0.4) is 0 Å². The van der Waals surface area contributed by atoms with Crippen LogP contribution < -0.4 is 10.6 Å². The maximum atomic E-state index is 12.3. The number of rotatable bonds is 5. The van der Waals surface area contributed by atoms with Gasteiger partial charge in [0.05, 0.1) is 18.7 Å². The number of carbonyl (C=O) groups excluding carboxylic acids is 2. The van der Waals surface area contributed by atoms with Crippen molar-refractivity contribution in [3.05, 3.63) is 12.7 Å². The van der Waals surface area contributed by atoms with Gasteiger partial charge < -0.3 is 20.6 Å². The van der Waals surface area contributed by atoms with Gasteiger partial charge in [-0.1, -0.05) is 6.08 Å². The van der Waals surface area contributed by atoms with E-state index in [0.29, 0.717) is 52.2 Å². The van der Waals surface area contributed by atoms with Crippen molar-refractivity contribution in [2.45, 2.75) is 18.6 Å². The molecule has 2 fully saturated rings. The van der Waals surface area contributed by atoms with Crippen molar-refractivity contribution < 1.29 is 14.7 Å². The Bertz CT molecular complexity index is 394. The minimum absolute atomic E-state index is 0.0183. The Balaban J connectivity index is 1.71. The number of aliphatic hydroxyl groups is 1. The quantitative estimate of drug-likeness (QED) is 0.519. The van der Waals surface area contributed by atoms with Crippen LogP contribution in [-0.2, 0) is 9.59 Å². The highest BCUT2D eigenvalue weighted by molar-refractivity contribution is 5.82. The Kier molecular flexibility index (Phi) is 5.72. The summed E-state index contributed by atoms with van der Waals surface area (Å²) in [5.74, 6) is 0.0394. The molecule has 0 aromatic carbocycles. The Morgan fingerprint density at radius 2 is 2.05 bits per heavy atom. The molecule has 7 nitrogen and oxygen atoms in total. The Labute approximate surface area is 125 Å². The lowest BCUT2D eigenvalue weighted by Crippen LogP contribution is -2.54. The molecule has 2 rings (SSSR count). The van der Waals surface area contributed by atoms with E-state index in [9.17, 15) is 14.7 Å². The van der Waals surface area contributed by atoms with E-state index in [1.54, 1.807) is 6.08 Å². The molecule has 118 valence electrons. The Morgan fingerprint density at radius 3 is 2.62 bits per heavy atom. The van der Waals surface area contributed by atoms with Crippen molar-refractivity contribution in [1.29, 1.82) is 0 Å². The molecule has 2 heterocycles. The third-order valence-corrected chi connectivity index (χ3v) is 3.90. The first-order valence-corrected chi connectivity index (χ1v) is 7.40. The molecule has 21 heavy (non-hydrogen) atoms. The molecule has 2 saturated heterocycles. The highest BCUT2D eigenvalue weighted by atomic mass is 16.3. The molecular formula is C14H24N4O3. The second-order valence-corrected chi connectivity index (χ2v) is 5.54. The molecule has 0 aromatic heterocycles. The van der Waals surface area contributed by atoms with Gasteiger partial charge in [0, 0.05) is 39.3 Å². The zero-order valence-electron chi connectivity index (χ0n) is 12.3. The smallest absolute Gasteiger partial charge is 0.239 e. The minimum Gasteiger partial charge on any atom is -0.392 e. The molecule has 0 saturated carbocycles. The van der Waals surface area contributed by atoms with Crippen molar-refractivity contribution in [3.63, 3.8) is 0 Å². The van der Waals surface area contributed by atoms with E-state index in [0.717, 1.165) is 0 Å². The van der Waals surface area contributed by atoms with Crippen molar-refractivity contribution in [2.24, 2.45) is 0 Å². The summed E-state index contributed by atoms with van der Waals surface area (Å²) in [5, 5.41) is 15.3. The van der Waals surface area contributed by atoms with Crippen LogP contribution in [0.25, 0.3) is 0 Å². The van der Waals surface area contributed by atoms with Crippen LogP contribution in [0.1, 0.15) is 6.42 Å². The van der Waals surface area contributed by atoms with Crippen LogP contribution in [0.15, 0.2) is 12.7 Å². The van der Waals surface area contributed by atoms with Crippen LogP contribution in [0.4, 0.5) is 0 Å². The van der Waals surface area contributed by atoms with E-state index >= 15 is 0 Å². The molecular weight excluding hydrogens is 272 g/mol. The highest BCUT2D eigenvalue weighted by Crippen LogP contribution is 2.11. The predicted molar refractivity (Wildman–Crippen MR) is 78.6 cm³/mol. The molecule has 2 amide bonds. The zero-order valence-corrected chi connectivity index (χ0v) is 12.3. The fourth-order valence-corrected chi connectivity index (χ4v) is 2.70. The van der Waals surface area contributed by atoms with Gasteiger partial charge in [-0.3, -0.25) is 14.5 Å². The number of aliphatic hydroxyl groups excluding tert-OH is 1. The fraction of sp³-hybridized carbons (Fsp3) is 0.714. The maximum absolute atomic E-state index is 12.3. The standard InChI is InChI=1S/C14H24N4O3/c1-2-3-15-13(20)10-17-4-6-18(7-5-17)14(21)12-8-11(19)9-16-12/h2,11-12,16,19H,1,3-10H2,(H,15,20). The number of piperazine rings is 1. The number of hydrogen-bond acceptors (Lipinski definition) is 5. The lowest BCUT2D eigenvalue weighted by molar-refractivity contribution is -0.135. The van der Waals surface area contributed by atoms with E-state index in [-0.39, 0.29) is 17.9 Å². The molecule has 0 spiro atoms. The first-order chi connectivity index (χ1) is 10.1. The molecule has 0 aliphatic carbocycles. The maximum Gasteiger partial charge on any atom is 0.239 e. The van der Waals surface area contributed by atoms with Gasteiger partial charge >= 0.3 is 0 Å². The summed E-state index contributed by atoms with van der Waals surface area (Å²) in [6, 6.07) is -0.262. The number of nitrogens with one attached hydrogen (secondary N) is 2. The molecule has 7 heteroatoms. The van der Waals surface area contributed by atoms with Crippen molar-refractivity contribution >= 4 is 11.8 Å². The van der Waals surface area contributed by atoms with Crippen molar-refractivity contribution in [3.8, 4) is 0 Å². The minimum atomic E-state index is -0.422. The molecule has 2 atom stereocenters. The molecule has 0 bridgehead atoms. The number of β-amino-alcohol motifs (C(OH)–C–C–N with tert-alkyl or cyclic N) is 1. The van der Waals surface area contributed by atoms with Gasteiger partial charge in [0.1, 0.15) is 0 Å².